The highest BCUT2D eigenvalue weighted by Gasteiger charge is 2.43. The molecule has 17 heteroatoms. The molecule has 310 valence electrons. The molecule has 6 amide bonds. The highest BCUT2D eigenvalue weighted by atomic mass is 16.4. The molecule has 4 N–H and O–H groups in total. The zero-order valence-corrected chi connectivity index (χ0v) is 32.4. The van der Waals surface area contributed by atoms with E-state index in [1.54, 1.807) is 9.80 Å². The summed E-state index contributed by atoms with van der Waals surface area (Å²) in [6, 6.07) is -1.16. The van der Waals surface area contributed by atoms with Gasteiger partial charge in [0.1, 0.15) is 6.04 Å². The van der Waals surface area contributed by atoms with Gasteiger partial charge in [0.25, 0.3) is 0 Å². The van der Waals surface area contributed by atoms with E-state index < -0.39 is 29.8 Å². The molecule has 6 aliphatic heterocycles. The Labute approximate surface area is 327 Å². The van der Waals surface area contributed by atoms with Crippen molar-refractivity contribution in [3.63, 3.8) is 0 Å². The van der Waals surface area contributed by atoms with Crippen LogP contribution in [0.1, 0.15) is 77.0 Å². The summed E-state index contributed by atoms with van der Waals surface area (Å²) in [5.41, 5.74) is 5.47. The van der Waals surface area contributed by atoms with Gasteiger partial charge in [0.05, 0.1) is 12.5 Å². The number of carboxylic acid groups (broad SMARTS) is 2. The van der Waals surface area contributed by atoms with E-state index in [2.05, 4.69) is 0 Å². The Hall–Kier alpha value is -4.28. The number of likely N-dealkylation sites (tertiary alicyclic amines) is 6. The average molecular weight is 786 g/mol. The molecule has 6 aliphatic rings. The summed E-state index contributed by atoms with van der Waals surface area (Å²) in [5, 5.41) is 19.0. The summed E-state index contributed by atoms with van der Waals surface area (Å²) in [5.74, 6) is -4.10. The van der Waals surface area contributed by atoms with Crippen LogP contribution in [0.25, 0.3) is 0 Å². The molecule has 0 saturated carbocycles. The van der Waals surface area contributed by atoms with Gasteiger partial charge in [0, 0.05) is 102 Å². The number of hydrogen-bond acceptors (Lipinski definition) is 9. The fourth-order valence-corrected chi connectivity index (χ4v) is 9.85. The van der Waals surface area contributed by atoms with Crippen LogP contribution >= 0.6 is 0 Å². The molecule has 2 atom stereocenters. The zero-order chi connectivity index (χ0) is 40.1. The molecular weight excluding hydrogens is 726 g/mol. The van der Waals surface area contributed by atoms with Crippen molar-refractivity contribution in [3.8, 4) is 0 Å². The number of hydrogen-bond donors (Lipinski definition) is 3. The van der Waals surface area contributed by atoms with E-state index in [9.17, 15) is 48.6 Å². The third-order valence-electron chi connectivity index (χ3n) is 13.5. The molecule has 0 radical (unpaired) electrons. The first-order valence-electron chi connectivity index (χ1n) is 20.7. The number of carbonyl (C=O) groups is 8. The molecule has 6 saturated heterocycles. The van der Waals surface area contributed by atoms with Crippen molar-refractivity contribution in [1.82, 2.24) is 29.4 Å². The van der Waals surface area contributed by atoms with Crippen molar-refractivity contribution in [3.05, 3.63) is 0 Å². The van der Waals surface area contributed by atoms with E-state index in [1.165, 1.54) is 4.90 Å². The quantitative estimate of drug-likeness (QED) is 0.295. The third-order valence-corrected chi connectivity index (χ3v) is 13.5. The Balaban J connectivity index is 0.873. The van der Waals surface area contributed by atoms with Crippen molar-refractivity contribution >= 4 is 47.4 Å². The van der Waals surface area contributed by atoms with Crippen LogP contribution in [0.5, 0.6) is 0 Å². The summed E-state index contributed by atoms with van der Waals surface area (Å²) < 4.78 is 0. The fraction of sp³-hybridized carbons (Fsp3) is 0.795. The highest BCUT2D eigenvalue weighted by Crippen LogP contribution is 2.31. The molecule has 6 fully saturated rings. The maximum Gasteiger partial charge on any atom is 0.326 e. The Bertz CT molecular complexity index is 1500. The molecule has 0 aromatic heterocycles. The minimum Gasteiger partial charge on any atom is -0.481 e. The van der Waals surface area contributed by atoms with Crippen molar-refractivity contribution in [2.75, 3.05) is 78.5 Å². The van der Waals surface area contributed by atoms with Gasteiger partial charge in [-0.15, -0.1) is 0 Å². The van der Waals surface area contributed by atoms with E-state index >= 15 is 0 Å². The minimum atomic E-state index is -1.20. The van der Waals surface area contributed by atoms with Crippen LogP contribution in [-0.2, 0) is 38.4 Å². The number of piperidine rings is 6. The molecule has 56 heavy (non-hydrogen) atoms. The number of carboxylic acids is 2. The summed E-state index contributed by atoms with van der Waals surface area (Å²) in [6.07, 6.45) is 5.81. The summed E-state index contributed by atoms with van der Waals surface area (Å²) in [6.45, 7) is 5.10. The standard InChI is InChI=1S/C39H59N7O10/c40-24-32(47)41-12-1-25(2-13-41)33(48)42-14-3-26(4-15-42)34(49)43-16-5-27(6-17-43)35(50)44-18-7-28(8-19-44)36(51)45-20-9-29(10-21-45)37(52)46-22-11-30(38(53)54)23-31(46)39(55)56/h25-31H,1-24,40H2,(H,53,54)(H,55,56). The molecule has 0 aliphatic carbocycles. The SMILES string of the molecule is NCC(=O)N1CCC(C(=O)N2CCC(C(=O)N3CCC(C(=O)N4CCC(C(=O)N5CCC(C(=O)N6CCC(C(=O)O)CC6C(=O)O)CC5)CC4)CC3)CC2)CC1. The average Bonchev–Trinajstić information content (AvgIpc) is 3.24. The number of nitrogens with zero attached hydrogens (tertiary/aromatic N) is 6. The zero-order valence-electron chi connectivity index (χ0n) is 32.4. The maximum absolute atomic E-state index is 13.5. The summed E-state index contributed by atoms with van der Waals surface area (Å²) in [4.78, 5) is 113. The fourth-order valence-electron chi connectivity index (χ4n) is 9.85. The van der Waals surface area contributed by atoms with Crippen LogP contribution < -0.4 is 5.73 Å². The predicted octanol–water partition coefficient (Wildman–Crippen LogP) is -0.0855. The van der Waals surface area contributed by atoms with Gasteiger partial charge >= 0.3 is 11.9 Å². The van der Waals surface area contributed by atoms with E-state index in [0.717, 1.165) is 0 Å². The topological polar surface area (TPSA) is 222 Å². The van der Waals surface area contributed by atoms with Gasteiger partial charge < -0.3 is 45.3 Å². The van der Waals surface area contributed by atoms with Crippen molar-refractivity contribution < 1.29 is 48.6 Å². The normalized spacial score (nSPS) is 25.6. The Morgan fingerprint density at radius 2 is 0.679 bits per heavy atom. The maximum atomic E-state index is 13.5. The van der Waals surface area contributed by atoms with Gasteiger partial charge in [-0.1, -0.05) is 0 Å². The number of rotatable bonds is 8. The number of amides is 6. The Morgan fingerprint density at radius 3 is 0.964 bits per heavy atom. The van der Waals surface area contributed by atoms with Gasteiger partial charge in [-0.2, -0.15) is 0 Å². The Kier molecular flexibility index (Phi) is 13.5. The van der Waals surface area contributed by atoms with E-state index in [0.29, 0.717) is 130 Å². The minimum absolute atomic E-state index is 0.0181. The van der Waals surface area contributed by atoms with Crippen molar-refractivity contribution in [1.29, 1.82) is 0 Å². The van der Waals surface area contributed by atoms with Crippen LogP contribution in [0.4, 0.5) is 0 Å². The van der Waals surface area contributed by atoms with Crippen molar-refractivity contribution in [2.45, 2.75) is 83.1 Å². The first-order chi connectivity index (χ1) is 26.9. The van der Waals surface area contributed by atoms with Crippen LogP contribution in [0.3, 0.4) is 0 Å². The second-order valence-electron chi connectivity index (χ2n) is 16.7. The van der Waals surface area contributed by atoms with Gasteiger partial charge in [0.15, 0.2) is 0 Å². The first-order valence-corrected chi connectivity index (χ1v) is 20.7. The highest BCUT2D eigenvalue weighted by molar-refractivity contribution is 5.87. The number of carbonyl (C=O) groups excluding carboxylic acids is 6. The van der Waals surface area contributed by atoms with E-state index in [1.807, 2.05) is 14.7 Å². The molecule has 17 nitrogen and oxygen atoms in total. The first kappa shape index (κ1) is 41.4. The molecular formula is C39H59N7O10. The van der Waals surface area contributed by atoms with Crippen LogP contribution in [0.2, 0.25) is 0 Å². The molecule has 0 bridgehead atoms. The number of nitrogens with two attached hydrogens (primary N) is 1. The van der Waals surface area contributed by atoms with Gasteiger partial charge in [-0.05, 0) is 77.0 Å². The lowest BCUT2D eigenvalue weighted by molar-refractivity contribution is -0.159. The van der Waals surface area contributed by atoms with E-state index in [4.69, 9.17) is 5.73 Å². The largest absolute Gasteiger partial charge is 0.481 e. The molecule has 6 rings (SSSR count). The van der Waals surface area contributed by atoms with Crippen LogP contribution in [-0.4, -0.2) is 172 Å². The van der Waals surface area contributed by atoms with Gasteiger partial charge in [-0.3, -0.25) is 33.6 Å². The smallest absolute Gasteiger partial charge is 0.326 e. The van der Waals surface area contributed by atoms with Crippen LogP contribution in [0.15, 0.2) is 0 Å². The molecule has 2 unspecified atom stereocenters. The lowest BCUT2D eigenvalue weighted by atomic mass is 9.87. The van der Waals surface area contributed by atoms with Crippen LogP contribution in [0, 0.1) is 35.5 Å². The molecule has 0 aromatic carbocycles. The second-order valence-corrected chi connectivity index (χ2v) is 16.7. The predicted molar refractivity (Wildman–Crippen MR) is 199 cm³/mol. The van der Waals surface area contributed by atoms with Crippen molar-refractivity contribution in [2.24, 2.45) is 41.2 Å². The van der Waals surface area contributed by atoms with Gasteiger partial charge in [-0.25, -0.2) is 4.79 Å². The molecule has 0 spiro atoms. The molecule has 6 heterocycles. The summed E-state index contributed by atoms with van der Waals surface area (Å²) in [7, 11) is 0. The molecule has 0 aromatic rings. The summed E-state index contributed by atoms with van der Waals surface area (Å²) >= 11 is 0. The second kappa shape index (κ2) is 18.3. The van der Waals surface area contributed by atoms with Gasteiger partial charge in [0.2, 0.25) is 35.4 Å². The lowest BCUT2D eigenvalue weighted by Gasteiger charge is -2.41. The van der Waals surface area contributed by atoms with E-state index in [-0.39, 0.29) is 85.0 Å². The number of aliphatic carboxylic acids is 2. The Morgan fingerprint density at radius 1 is 0.393 bits per heavy atom. The monoisotopic (exact) mass is 785 g/mol. The third kappa shape index (κ3) is 9.29. The lowest BCUT2D eigenvalue weighted by Crippen LogP contribution is -2.54.